The average Bonchev–Trinajstić information content (AvgIpc) is 2.86. The van der Waals surface area contributed by atoms with Crippen LogP contribution in [0.3, 0.4) is 0 Å². The molecule has 1 heterocycles. The summed E-state index contributed by atoms with van der Waals surface area (Å²) in [5.74, 6) is 0.568. The Balaban J connectivity index is 1.80. The third-order valence-electron chi connectivity index (χ3n) is 3.99. The minimum Gasteiger partial charge on any atom is -0.476 e. The lowest BCUT2D eigenvalue weighted by Gasteiger charge is -2.11. The minimum absolute atomic E-state index is 0.284. The van der Waals surface area contributed by atoms with Crippen LogP contribution >= 0.6 is 0 Å². The number of benzene rings is 2. The van der Waals surface area contributed by atoms with E-state index in [1.54, 1.807) is 4.68 Å². The fourth-order valence-electron chi connectivity index (χ4n) is 2.79. The van der Waals surface area contributed by atoms with Crippen molar-refractivity contribution in [3.05, 3.63) is 47.5 Å². The highest BCUT2D eigenvalue weighted by molar-refractivity contribution is 6.01. The topological polar surface area (TPSA) is 68.2 Å². The number of hydrogen-bond donors (Lipinski definition) is 2. The lowest BCUT2D eigenvalue weighted by atomic mass is 10.1. The largest absolute Gasteiger partial charge is 0.476 e. The van der Waals surface area contributed by atoms with Gasteiger partial charge in [0.2, 0.25) is 5.88 Å². The molecule has 0 saturated heterocycles. The number of fused-ring (bicyclic) bond motifs is 1. The molecule has 0 aliphatic carbocycles. The van der Waals surface area contributed by atoms with Crippen molar-refractivity contribution in [1.82, 2.24) is 9.78 Å². The van der Waals surface area contributed by atoms with Crippen LogP contribution in [0.4, 0.5) is 16.2 Å². The quantitative estimate of drug-likeness (QED) is 0.748. The number of nitrogens with one attached hydrogen (secondary N) is 2. The summed E-state index contributed by atoms with van der Waals surface area (Å²) in [5, 5.41) is 11.0. The molecule has 0 unspecified atom stereocenters. The van der Waals surface area contributed by atoms with Crippen molar-refractivity contribution in [2.45, 2.75) is 20.8 Å². The second-order valence-corrected chi connectivity index (χ2v) is 5.99. The highest BCUT2D eigenvalue weighted by Crippen LogP contribution is 2.27. The Labute approximate surface area is 146 Å². The number of urea groups is 1. The second kappa shape index (κ2) is 6.84. The Hall–Kier alpha value is -3.02. The van der Waals surface area contributed by atoms with Crippen LogP contribution in [-0.2, 0) is 7.05 Å². The first-order chi connectivity index (χ1) is 12.0. The molecule has 2 N–H and O–H groups in total. The molecule has 0 radical (unpaired) electrons. The molecule has 0 bridgehead atoms. The molecule has 0 aliphatic rings. The van der Waals surface area contributed by atoms with E-state index in [1.807, 2.05) is 64.2 Å². The van der Waals surface area contributed by atoms with E-state index in [9.17, 15) is 4.79 Å². The summed E-state index contributed by atoms with van der Waals surface area (Å²) in [5.41, 5.74) is 4.61. The van der Waals surface area contributed by atoms with Crippen LogP contribution in [0.1, 0.15) is 18.1 Å². The van der Waals surface area contributed by atoms with E-state index < -0.39 is 0 Å². The minimum atomic E-state index is -0.284. The van der Waals surface area contributed by atoms with Crippen LogP contribution in [0.25, 0.3) is 10.9 Å². The molecule has 130 valence electrons. The van der Waals surface area contributed by atoms with E-state index in [2.05, 4.69) is 15.7 Å². The van der Waals surface area contributed by atoms with E-state index >= 15 is 0 Å². The highest BCUT2D eigenvalue weighted by atomic mass is 16.5. The number of hydrogen-bond acceptors (Lipinski definition) is 3. The first kappa shape index (κ1) is 16.8. The molecule has 6 heteroatoms. The monoisotopic (exact) mass is 338 g/mol. The summed E-state index contributed by atoms with van der Waals surface area (Å²) in [6.45, 7) is 6.45. The number of anilines is 2. The van der Waals surface area contributed by atoms with Gasteiger partial charge in [-0.2, -0.15) is 0 Å². The van der Waals surface area contributed by atoms with Gasteiger partial charge in [0.05, 0.1) is 17.5 Å². The van der Waals surface area contributed by atoms with Gasteiger partial charge in [0, 0.05) is 18.4 Å². The zero-order valence-corrected chi connectivity index (χ0v) is 14.9. The lowest BCUT2D eigenvalue weighted by Crippen LogP contribution is -2.19. The Kier molecular flexibility index (Phi) is 4.61. The maximum atomic E-state index is 12.3. The molecule has 1 aromatic heterocycles. The molecule has 3 aromatic rings. The van der Waals surface area contributed by atoms with Crippen molar-refractivity contribution < 1.29 is 9.53 Å². The second-order valence-electron chi connectivity index (χ2n) is 5.99. The molecule has 0 saturated carbocycles. The Morgan fingerprint density at radius 1 is 1.16 bits per heavy atom. The van der Waals surface area contributed by atoms with Gasteiger partial charge >= 0.3 is 6.03 Å². The van der Waals surface area contributed by atoms with Gasteiger partial charge in [0.15, 0.2) is 0 Å². The van der Waals surface area contributed by atoms with Gasteiger partial charge in [-0.3, -0.25) is 4.68 Å². The van der Waals surface area contributed by atoms with Crippen molar-refractivity contribution in [3.8, 4) is 5.88 Å². The van der Waals surface area contributed by atoms with Crippen LogP contribution in [0.2, 0.25) is 0 Å². The van der Waals surface area contributed by atoms with Crippen LogP contribution < -0.4 is 15.4 Å². The third kappa shape index (κ3) is 3.57. The van der Waals surface area contributed by atoms with Gasteiger partial charge in [0.25, 0.3) is 0 Å². The zero-order chi connectivity index (χ0) is 18.0. The number of carbonyl (C=O) groups excluding carboxylic acids is 1. The fourth-order valence-corrected chi connectivity index (χ4v) is 2.79. The third-order valence-corrected chi connectivity index (χ3v) is 3.99. The molecule has 0 fully saturated rings. The van der Waals surface area contributed by atoms with E-state index in [0.717, 1.165) is 27.7 Å². The molecule has 0 aliphatic heterocycles. The molecule has 25 heavy (non-hydrogen) atoms. The average molecular weight is 338 g/mol. The lowest BCUT2D eigenvalue weighted by molar-refractivity contribution is 0.262. The van der Waals surface area contributed by atoms with Crippen LogP contribution in [0.15, 0.2) is 36.4 Å². The van der Waals surface area contributed by atoms with Gasteiger partial charge < -0.3 is 15.4 Å². The Morgan fingerprint density at radius 2 is 1.96 bits per heavy atom. The maximum absolute atomic E-state index is 12.3. The number of amides is 2. The first-order valence-electron chi connectivity index (χ1n) is 8.22. The van der Waals surface area contributed by atoms with Crippen molar-refractivity contribution in [3.63, 3.8) is 0 Å². The SMILES string of the molecule is CCOc1nn(C)c2ccc(NC(=O)Nc3ccc(C)cc3C)cc12. The molecule has 2 amide bonds. The summed E-state index contributed by atoms with van der Waals surface area (Å²) < 4.78 is 7.33. The molecule has 6 nitrogen and oxygen atoms in total. The molecule has 0 atom stereocenters. The molecular weight excluding hydrogens is 316 g/mol. The van der Waals surface area contributed by atoms with Crippen molar-refractivity contribution in [1.29, 1.82) is 0 Å². The van der Waals surface area contributed by atoms with E-state index in [-0.39, 0.29) is 6.03 Å². The van der Waals surface area contributed by atoms with Gasteiger partial charge in [-0.05, 0) is 50.6 Å². The summed E-state index contributed by atoms with van der Waals surface area (Å²) in [6, 6.07) is 11.3. The van der Waals surface area contributed by atoms with Gasteiger partial charge in [0.1, 0.15) is 0 Å². The zero-order valence-electron chi connectivity index (χ0n) is 14.9. The van der Waals surface area contributed by atoms with Crippen molar-refractivity contribution >= 4 is 28.3 Å². The highest BCUT2D eigenvalue weighted by Gasteiger charge is 2.11. The van der Waals surface area contributed by atoms with Gasteiger partial charge in [-0.1, -0.05) is 17.7 Å². The van der Waals surface area contributed by atoms with E-state index in [4.69, 9.17) is 4.74 Å². The standard InChI is InChI=1S/C19H22N4O2/c1-5-25-18-15-11-14(7-9-17(15)23(4)22-18)20-19(24)21-16-8-6-12(2)10-13(16)3/h6-11H,5H2,1-4H3,(H2,20,21,24). The van der Waals surface area contributed by atoms with E-state index in [1.165, 1.54) is 0 Å². The number of ether oxygens (including phenoxy) is 1. The first-order valence-corrected chi connectivity index (χ1v) is 8.22. The van der Waals surface area contributed by atoms with Crippen LogP contribution in [-0.4, -0.2) is 22.4 Å². The summed E-state index contributed by atoms with van der Waals surface area (Å²) in [6.07, 6.45) is 0. The predicted octanol–water partition coefficient (Wildman–Crippen LogP) is 4.23. The predicted molar refractivity (Wildman–Crippen MR) is 100 cm³/mol. The Morgan fingerprint density at radius 3 is 2.68 bits per heavy atom. The van der Waals surface area contributed by atoms with Crippen LogP contribution in [0.5, 0.6) is 5.88 Å². The number of carbonyl (C=O) groups is 1. The molecule has 3 rings (SSSR count). The van der Waals surface area contributed by atoms with Crippen LogP contribution in [0, 0.1) is 13.8 Å². The molecule has 0 spiro atoms. The smallest absolute Gasteiger partial charge is 0.323 e. The summed E-state index contributed by atoms with van der Waals surface area (Å²) in [7, 11) is 1.87. The van der Waals surface area contributed by atoms with Gasteiger partial charge in [-0.25, -0.2) is 4.79 Å². The van der Waals surface area contributed by atoms with Crippen molar-refractivity contribution in [2.75, 3.05) is 17.2 Å². The van der Waals surface area contributed by atoms with Gasteiger partial charge in [-0.15, -0.1) is 5.10 Å². The Bertz CT molecular complexity index is 931. The molecular formula is C19H22N4O2. The maximum Gasteiger partial charge on any atom is 0.323 e. The fraction of sp³-hybridized carbons (Fsp3) is 0.263. The van der Waals surface area contributed by atoms with Crippen molar-refractivity contribution in [2.24, 2.45) is 7.05 Å². The number of nitrogens with zero attached hydrogens (tertiary/aromatic N) is 2. The molecule has 2 aromatic carbocycles. The summed E-state index contributed by atoms with van der Waals surface area (Å²) >= 11 is 0. The number of aromatic nitrogens is 2. The number of rotatable bonds is 4. The number of aryl methyl sites for hydroxylation is 3. The normalized spacial score (nSPS) is 10.7. The summed E-state index contributed by atoms with van der Waals surface area (Å²) in [4.78, 5) is 12.3. The van der Waals surface area contributed by atoms with E-state index in [0.29, 0.717) is 18.2 Å².